The van der Waals surface area contributed by atoms with Crippen LogP contribution in [0.5, 0.6) is 0 Å². The second kappa shape index (κ2) is 7.33. The zero-order chi connectivity index (χ0) is 21.7. The van der Waals surface area contributed by atoms with Gasteiger partial charge in [0, 0.05) is 12.7 Å². The summed E-state index contributed by atoms with van der Waals surface area (Å²) in [6.45, 7) is 1.20. The second-order valence-corrected chi connectivity index (χ2v) is 9.43. The van der Waals surface area contributed by atoms with Crippen LogP contribution in [0.3, 0.4) is 0 Å². The van der Waals surface area contributed by atoms with Gasteiger partial charge in [-0.2, -0.15) is 13.2 Å². The highest BCUT2D eigenvalue weighted by Gasteiger charge is 2.52. The van der Waals surface area contributed by atoms with E-state index in [0.717, 1.165) is 56.7 Å². The topological polar surface area (TPSA) is 45.2 Å². The Morgan fingerprint density at radius 3 is 2.39 bits per heavy atom. The van der Waals surface area contributed by atoms with E-state index >= 15 is 0 Å². The van der Waals surface area contributed by atoms with Crippen LogP contribution in [-0.4, -0.2) is 28.4 Å². The fourth-order valence-electron chi connectivity index (χ4n) is 4.86. The predicted molar refractivity (Wildman–Crippen MR) is 110 cm³/mol. The van der Waals surface area contributed by atoms with Crippen molar-refractivity contribution in [3.8, 4) is 0 Å². The summed E-state index contributed by atoms with van der Waals surface area (Å²) in [5, 5.41) is 3.32. The summed E-state index contributed by atoms with van der Waals surface area (Å²) >= 11 is 0. The molecule has 1 atom stereocenters. The maximum Gasteiger partial charge on any atom is 0.433 e. The number of rotatable bonds is 5. The van der Waals surface area contributed by atoms with E-state index in [1.54, 1.807) is 0 Å². The number of halogens is 3. The lowest BCUT2D eigenvalue weighted by molar-refractivity contribution is -0.141. The van der Waals surface area contributed by atoms with E-state index in [9.17, 15) is 18.0 Å². The van der Waals surface area contributed by atoms with Crippen LogP contribution in [0.4, 0.5) is 13.2 Å². The number of alkyl halides is 3. The molecule has 31 heavy (non-hydrogen) atoms. The lowest BCUT2D eigenvalue weighted by Gasteiger charge is -2.39. The van der Waals surface area contributed by atoms with Gasteiger partial charge in [0.25, 0.3) is 0 Å². The Hall–Kier alpha value is -2.41. The van der Waals surface area contributed by atoms with E-state index in [1.807, 2.05) is 18.2 Å². The summed E-state index contributed by atoms with van der Waals surface area (Å²) in [4.78, 5) is 19.1. The number of benzene rings is 1. The van der Waals surface area contributed by atoms with Crippen molar-refractivity contribution in [2.75, 3.05) is 6.54 Å². The smallest absolute Gasteiger partial charge is 0.345 e. The first-order valence-corrected chi connectivity index (χ1v) is 10.9. The molecular formula is C24H26F3N3O. The fraction of sp³-hybridized carbons (Fsp3) is 0.500. The van der Waals surface area contributed by atoms with Gasteiger partial charge < -0.3 is 5.32 Å². The van der Waals surface area contributed by atoms with Crippen molar-refractivity contribution in [3.05, 3.63) is 65.5 Å². The molecule has 164 valence electrons. The Bertz CT molecular complexity index is 950. The molecule has 1 spiro atoms. The first-order valence-electron chi connectivity index (χ1n) is 10.9. The number of hydrogen-bond acceptors (Lipinski definition) is 3. The van der Waals surface area contributed by atoms with Gasteiger partial charge in [-0.3, -0.25) is 14.7 Å². The van der Waals surface area contributed by atoms with Crippen molar-refractivity contribution in [2.45, 2.75) is 62.8 Å². The SMILES string of the molecule is O=C(NC1(c2ccccc2)CC1)C1CC2(CCN1Cc1ccc(C(F)(F)F)nc1)CC2. The van der Waals surface area contributed by atoms with Crippen molar-refractivity contribution in [3.63, 3.8) is 0 Å². The summed E-state index contributed by atoms with van der Waals surface area (Å²) in [5.41, 5.74) is 0.953. The number of carbonyl (C=O) groups is 1. The normalized spacial score (nSPS) is 24.0. The van der Waals surface area contributed by atoms with Gasteiger partial charge in [-0.25, -0.2) is 0 Å². The number of hydrogen-bond donors (Lipinski definition) is 1. The molecule has 1 aliphatic heterocycles. The van der Waals surface area contributed by atoms with Gasteiger partial charge in [0.15, 0.2) is 0 Å². The largest absolute Gasteiger partial charge is 0.433 e. The van der Waals surface area contributed by atoms with Crippen molar-refractivity contribution in [2.24, 2.45) is 5.41 Å². The second-order valence-electron chi connectivity index (χ2n) is 9.43. The molecule has 1 saturated heterocycles. The number of aromatic nitrogens is 1. The minimum absolute atomic E-state index is 0.0344. The molecule has 0 radical (unpaired) electrons. The summed E-state index contributed by atoms with van der Waals surface area (Å²) in [6, 6.07) is 12.3. The Balaban J connectivity index is 1.32. The molecule has 1 N–H and O–H groups in total. The molecule has 2 saturated carbocycles. The van der Waals surface area contributed by atoms with Gasteiger partial charge in [0.2, 0.25) is 5.91 Å². The highest BCUT2D eigenvalue weighted by Crippen LogP contribution is 2.55. The number of amides is 1. The van der Waals surface area contributed by atoms with Gasteiger partial charge in [0.1, 0.15) is 5.69 Å². The van der Waals surface area contributed by atoms with Crippen LogP contribution in [0, 0.1) is 5.41 Å². The molecular weight excluding hydrogens is 403 g/mol. The van der Waals surface area contributed by atoms with Crippen LogP contribution in [0.1, 0.15) is 55.3 Å². The number of piperidine rings is 1. The van der Waals surface area contributed by atoms with E-state index in [1.165, 1.54) is 12.3 Å². The highest BCUT2D eigenvalue weighted by molar-refractivity contribution is 5.83. The molecule has 1 aromatic heterocycles. The maximum absolute atomic E-state index is 13.4. The summed E-state index contributed by atoms with van der Waals surface area (Å²) in [6.07, 6.45) is 2.89. The monoisotopic (exact) mass is 429 g/mol. The molecule has 0 bridgehead atoms. The van der Waals surface area contributed by atoms with Crippen LogP contribution in [0.25, 0.3) is 0 Å². The summed E-state index contributed by atoms with van der Waals surface area (Å²) in [7, 11) is 0. The van der Waals surface area contributed by atoms with Gasteiger partial charge >= 0.3 is 6.18 Å². The molecule has 3 aliphatic rings. The van der Waals surface area contributed by atoms with Crippen LogP contribution in [0.15, 0.2) is 48.7 Å². The molecule has 3 fully saturated rings. The van der Waals surface area contributed by atoms with E-state index < -0.39 is 11.9 Å². The molecule has 2 heterocycles. The van der Waals surface area contributed by atoms with Crippen molar-refractivity contribution in [1.82, 2.24) is 15.2 Å². The van der Waals surface area contributed by atoms with Crippen LogP contribution >= 0.6 is 0 Å². The molecule has 4 nitrogen and oxygen atoms in total. The Morgan fingerprint density at radius 1 is 1.06 bits per heavy atom. The van der Waals surface area contributed by atoms with Gasteiger partial charge in [-0.05, 0) is 67.7 Å². The molecule has 7 heteroatoms. The van der Waals surface area contributed by atoms with E-state index in [-0.39, 0.29) is 22.9 Å². The Kier molecular flexibility index (Phi) is 4.84. The standard InChI is InChI=1S/C24H26F3N3O/c25-24(26,27)20-7-6-17(15-28-20)16-30-13-12-22(8-9-22)14-19(30)21(31)29-23(10-11-23)18-4-2-1-3-5-18/h1-7,15,19H,8-14,16H2,(H,29,31). The third-order valence-corrected chi connectivity index (χ3v) is 7.20. The molecule has 2 aromatic rings. The quantitative estimate of drug-likeness (QED) is 0.753. The van der Waals surface area contributed by atoms with Crippen molar-refractivity contribution < 1.29 is 18.0 Å². The number of nitrogens with zero attached hydrogens (tertiary/aromatic N) is 2. The average Bonchev–Trinajstić information content (AvgIpc) is 3.68. The lowest BCUT2D eigenvalue weighted by Crippen LogP contribution is -2.53. The van der Waals surface area contributed by atoms with Crippen molar-refractivity contribution in [1.29, 1.82) is 0 Å². The molecule has 2 aliphatic carbocycles. The third kappa shape index (κ3) is 4.20. The van der Waals surface area contributed by atoms with E-state index in [2.05, 4.69) is 27.3 Å². The van der Waals surface area contributed by atoms with Crippen LogP contribution in [-0.2, 0) is 23.1 Å². The zero-order valence-electron chi connectivity index (χ0n) is 17.3. The van der Waals surface area contributed by atoms with Gasteiger partial charge in [-0.1, -0.05) is 36.4 Å². The van der Waals surface area contributed by atoms with Crippen molar-refractivity contribution >= 4 is 5.91 Å². The van der Waals surface area contributed by atoms with E-state index in [4.69, 9.17) is 0 Å². The third-order valence-electron chi connectivity index (χ3n) is 7.20. The first kappa shape index (κ1) is 20.5. The summed E-state index contributed by atoms with van der Waals surface area (Å²) in [5.74, 6) is 0.0344. The number of carbonyl (C=O) groups excluding carboxylic acids is 1. The van der Waals surface area contributed by atoms with Gasteiger partial charge in [0.05, 0.1) is 11.6 Å². The molecule has 5 rings (SSSR count). The van der Waals surface area contributed by atoms with Gasteiger partial charge in [-0.15, -0.1) is 0 Å². The number of likely N-dealkylation sites (tertiary alicyclic amines) is 1. The molecule has 1 aromatic carbocycles. The van der Waals surface area contributed by atoms with Crippen LogP contribution in [0.2, 0.25) is 0 Å². The Labute approximate surface area is 179 Å². The zero-order valence-corrected chi connectivity index (χ0v) is 17.3. The minimum atomic E-state index is -4.44. The molecule has 1 amide bonds. The number of nitrogens with one attached hydrogen (secondary N) is 1. The fourth-order valence-corrected chi connectivity index (χ4v) is 4.86. The maximum atomic E-state index is 13.4. The van der Waals surface area contributed by atoms with Crippen LogP contribution < -0.4 is 5.32 Å². The average molecular weight is 429 g/mol. The molecule has 1 unspecified atom stereocenters. The highest BCUT2D eigenvalue weighted by atomic mass is 19.4. The lowest BCUT2D eigenvalue weighted by atomic mass is 9.87. The van der Waals surface area contributed by atoms with E-state index in [0.29, 0.717) is 12.1 Å². The predicted octanol–water partition coefficient (Wildman–Crippen LogP) is 4.65. The minimum Gasteiger partial charge on any atom is -0.345 e. The first-order chi connectivity index (χ1) is 14.8. The number of pyridine rings is 1. The Morgan fingerprint density at radius 2 is 1.81 bits per heavy atom. The summed E-state index contributed by atoms with van der Waals surface area (Å²) < 4.78 is 38.4.